The van der Waals surface area contributed by atoms with Crippen molar-refractivity contribution in [1.29, 1.82) is 0 Å². The van der Waals surface area contributed by atoms with Gasteiger partial charge in [-0.3, -0.25) is 0 Å². The highest BCUT2D eigenvalue weighted by atomic mass is 16.5. The Bertz CT molecular complexity index is 1150. The van der Waals surface area contributed by atoms with Gasteiger partial charge in [0.2, 0.25) is 0 Å². The summed E-state index contributed by atoms with van der Waals surface area (Å²) >= 11 is 0. The maximum atomic E-state index is 11.2. The molecule has 12 nitrogen and oxygen atoms in total. The van der Waals surface area contributed by atoms with Crippen molar-refractivity contribution in [2.75, 3.05) is 66.0 Å². The fourth-order valence-corrected chi connectivity index (χ4v) is 3.80. The second-order valence-corrected chi connectivity index (χ2v) is 8.31. The van der Waals surface area contributed by atoms with E-state index in [1.165, 1.54) is 6.33 Å². The zero-order chi connectivity index (χ0) is 26.6. The molecule has 2 heterocycles. The van der Waals surface area contributed by atoms with Crippen LogP contribution in [-0.2, 0) is 16.1 Å². The summed E-state index contributed by atoms with van der Waals surface area (Å²) in [5, 5.41) is 16.5. The summed E-state index contributed by atoms with van der Waals surface area (Å²) in [4.78, 5) is 25.5. The van der Waals surface area contributed by atoms with E-state index >= 15 is 0 Å². The lowest BCUT2D eigenvalue weighted by atomic mass is 10.2. The Morgan fingerprint density at radius 3 is 2.70 bits per heavy atom. The Morgan fingerprint density at radius 1 is 1.16 bits per heavy atom. The third kappa shape index (κ3) is 7.94. The number of anilines is 2. The molecule has 0 aliphatic carbocycles. The minimum atomic E-state index is -1.10. The van der Waals surface area contributed by atoms with Crippen LogP contribution in [0.5, 0.6) is 17.2 Å². The summed E-state index contributed by atoms with van der Waals surface area (Å²) in [6.45, 7) is 5.20. The predicted octanol–water partition coefficient (Wildman–Crippen LogP) is 2.63. The number of fused-ring (bicyclic) bond motifs is 1. The van der Waals surface area contributed by atoms with Crippen LogP contribution in [0.3, 0.4) is 0 Å². The van der Waals surface area contributed by atoms with Gasteiger partial charge in [-0.05, 0) is 46.1 Å². The van der Waals surface area contributed by atoms with Crippen LogP contribution in [0, 0.1) is 0 Å². The lowest BCUT2D eigenvalue weighted by Crippen LogP contribution is -2.22. The number of aliphatic carboxylic acids is 1. The molecule has 37 heavy (non-hydrogen) atoms. The van der Waals surface area contributed by atoms with Gasteiger partial charge in [0, 0.05) is 31.5 Å². The molecule has 0 aliphatic rings. The average molecular weight is 517 g/mol. The number of methoxy groups -OCH3 is 1. The van der Waals surface area contributed by atoms with Gasteiger partial charge in [-0.1, -0.05) is 0 Å². The molecular weight excluding hydrogens is 480 g/mol. The fraction of sp³-hybridized carbons (Fsp3) is 0.480. The van der Waals surface area contributed by atoms with Crippen molar-refractivity contribution < 1.29 is 28.8 Å². The number of aromatic amines is 1. The number of nitrogens with zero attached hydrogens (tertiary/aromatic N) is 3. The van der Waals surface area contributed by atoms with Gasteiger partial charge in [-0.2, -0.15) is 0 Å². The molecule has 3 rings (SSSR count). The van der Waals surface area contributed by atoms with Crippen molar-refractivity contribution in [3.8, 4) is 17.2 Å². The quantitative estimate of drug-likeness (QED) is 0.197. The molecule has 0 aliphatic heterocycles. The molecule has 0 saturated heterocycles. The van der Waals surface area contributed by atoms with Crippen molar-refractivity contribution >= 4 is 28.5 Å². The molecule has 0 bridgehead atoms. The highest BCUT2D eigenvalue weighted by molar-refractivity contribution is 5.92. The minimum absolute atomic E-state index is 0.256. The van der Waals surface area contributed by atoms with Gasteiger partial charge < -0.3 is 44.6 Å². The summed E-state index contributed by atoms with van der Waals surface area (Å²) in [5.74, 6) is 0.561. The number of H-pyrrole nitrogens is 1. The Balaban J connectivity index is 1.91. The Morgan fingerprint density at radius 2 is 1.97 bits per heavy atom. The van der Waals surface area contributed by atoms with E-state index in [1.54, 1.807) is 19.2 Å². The van der Waals surface area contributed by atoms with Crippen LogP contribution in [0.15, 0.2) is 24.7 Å². The molecular formula is C25H36N6O6. The third-order valence-corrected chi connectivity index (χ3v) is 5.52. The normalized spacial score (nSPS) is 11.2. The van der Waals surface area contributed by atoms with E-state index in [0.29, 0.717) is 48.4 Å². The lowest BCUT2D eigenvalue weighted by Gasteiger charge is -2.18. The summed E-state index contributed by atoms with van der Waals surface area (Å²) in [5.41, 5.74) is 2.28. The van der Waals surface area contributed by atoms with Crippen molar-refractivity contribution in [2.45, 2.75) is 19.9 Å². The number of ether oxygens (including phenoxy) is 4. The van der Waals surface area contributed by atoms with Gasteiger partial charge in [-0.15, -0.1) is 0 Å². The van der Waals surface area contributed by atoms with Crippen LogP contribution in [0.25, 0.3) is 11.0 Å². The molecule has 1 aromatic carbocycles. The van der Waals surface area contributed by atoms with E-state index in [0.717, 1.165) is 30.5 Å². The molecule has 0 amide bonds. The Labute approximate surface area is 216 Å². The van der Waals surface area contributed by atoms with Gasteiger partial charge in [0.05, 0.1) is 24.8 Å². The number of carboxylic acids is 1. The smallest absolute Gasteiger partial charge is 0.341 e. The van der Waals surface area contributed by atoms with E-state index in [2.05, 4.69) is 37.5 Å². The first kappa shape index (κ1) is 28.0. The maximum Gasteiger partial charge on any atom is 0.341 e. The topological polar surface area (TPSA) is 143 Å². The summed E-state index contributed by atoms with van der Waals surface area (Å²) in [6, 6.07) is 3.29. The molecule has 12 heteroatoms. The number of benzene rings is 1. The number of carbonyl (C=O) groups is 1. The van der Waals surface area contributed by atoms with Gasteiger partial charge in [0.1, 0.15) is 30.1 Å². The second-order valence-electron chi connectivity index (χ2n) is 8.31. The first-order chi connectivity index (χ1) is 18.0. The number of rotatable bonds is 17. The zero-order valence-electron chi connectivity index (χ0n) is 21.8. The van der Waals surface area contributed by atoms with Crippen molar-refractivity contribution in [1.82, 2.24) is 25.2 Å². The number of aromatic nitrogens is 3. The minimum Gasteiger partial charge on any atom is -0.494 e. The molecule has 0 atom stereocenters. The monoisotopic (exact) mass is 516 g/mol. The number of nitrogens with one attached hydrogen (secondary N) is 3. The number of carboxylic acid groups (broad SMARTS) is 1. The highest BCUT2D eigenvalue weighted by Crippen LogP contribution is 2.40. The van der Waals surface area contributed by atoms with E-state index in [1.807, 2.05) is 20.2 Å². The number of hydrogen-bond donors (Lipinski definition) is 4. The molecule has 4 N–H and O–H groups in total. The predicted molar refractivity (Wildman–Crippen MR) is 140 cm³/mol. The SMILES string of the molecule is CCOCCOc1cc(OC)c(Nc2ncnc3[nH]cc(CN(C)CCCNC)c23)cc1OCC(=O)O. The molecule has 0 saturated carbocycles. The van der Waals surface area contributed by atoms with Gasteiger partial charge >= 0.3 is 5.97 Å². The van der Waals surface area contributed by atoms with Crippen LogP contribution in [0.2, 0.25) is 0 Å². The summed E-state index contributed by atoms with van der Waals surface area (Å²) in [7, 11) is 5.56. The van der Waals surface area contributed by atoms with Gasteiger partial charge in [0.25, 0.3) is 0 Å². The Kier molecular flexibility index (Phi) is 10.7. The maximum absolute atomic E-state index is 11.2. The standard InChI is InChI=1S/C25H36N6O6/c1-5-35-9-10-36-21-12-19(34-4)18(11-20(21)37-15-22(32)33)30-25-23-17(13-27-24(23)28-16-29-25)14-31(3)8-6-7-26-2/h11-13,16,26H,5-10,14-15H2,1-4H3,(H,32,33)(H2,27,28,29,30). The van der Waals surface area contributed by atoms with E-state index in [4.69, 9.17) is 24.1 Å². The van der Waals surface area contributed by atoms with Crippen molar-refractivity contribution in [3.05, 3.63) is 30.2 Å². The van der Waals surface area contributed by atoms with E-state index in [-0.39, 0.29) is 12.4 Å². The van der Waals surface area contributed by atoms with Crippen molar-refractivity contribution in [2.24, 2.45) is 0 Å². The lowest BCUT2D eigenvalue weighted by molar-refractivity contribution is -0.139. The molecule has 0 fully saturated rings. The highest BCUT2D eigenvalue weighted by Gasteiger charge is 2.18. The summed E-state index contributed by atoms with van der Waals surface area (Å²) in [6.07, 6.45) is 4.44. The van der Waals surface area contributed by atoms with Crippen LogP contribution >= 0.6 is 0 Å². The third-order valence-electron chi connectivity index (χ3n) is 5.52. The second kappa shape index (κ2) is 14.2. The molecule has 3 aromatic rings. The van der Waals surface area contributed by atoms with Gasteiger partial charge in [0.15, 0.2) is 18.1 Å². The van der Waals surface area contributed by atoms with Gasteiger partial charge in [-0.25, -0.2) is 14.8 Å². The van der Waals surface area contributed by atoms with Crippen LogP contribution in [0.1, 0.15) is 18.9 Å². The zero-order valence-corrected chi connectivity index (χ0v) is 21.8. The Hall–Kier alpha value is -3.61. The van der Waals surface area contributed by atoms with Crippen LogP contribution < -0.4 is 24.8 Å². The first-order valence-corrected chi connectivity index (χ1v) is 12.1. The summed E-state index contributed by atoms with van der Waals surface area (Å²) < 4.78 is 22.2. The largest absolute Gasteiger partial charge is 0.494 e. The van der Waals surface area contributed by atoms with E-state index in [9.17, 15) is 4.79 Å². The fourth-order valence-electron chi connectivity index (χ4n) is 3.80. The first-order valence-electron chi connectivity index (χ1n) is 12.1. The van der Waals surface area contributed by atoms with Crippen molar-refractivity contribution in [3.63, 3.8) is 0 Å². The molecule has 0 spiro atoms. The van der Waals surface area contributed by atoms with Crippen LogP contribution in [-0.4, -0.2) is 91.6 Å². The molecule has 0 unspecified atom stereocenters. The van der Waals surface area contributed by atoms with E-state index < -0.39 is 12.6 Å². The average Bonchev–Trinajstić information content (AvgIpc) is 3.29. The number of hydrogen-bond acceptors (Lipinski definition) is 10. The van der Waals surface area contributed by atoms with Crippen LogP contribution in [0.4, 0.5) is 11.5 Å². The molecule has 2 aromatic heterocycles. The molecule has 0 radical (unpaired) electrons. The molecule has 202 valence electrons.